The molecule has 0 spiro atoms. The summed E-state index contributed by atoms with van der Waals surface area (Å²) in [4.78, 5) is 14.8. The van der Waals surface area contributed by atoms with Gasteiger partial charge in [-0.1, -0.05) is 32.6 Å². The van der Waals surface area contributed by atoms with Crippen molar-refractivity contribution in [2.24, 2.45) is 23.5 Å². The standard InChI is InChI=1S/C17H32N2O/c1-13-5-3-8-16(11-13)19(2)17(20)15-7-4-6-14(12-15)9-10-18/h13-16H,3-12,18H2,1-2H3. The van der Waals surface area contributed by atoms with E-state index < -0.39 is 0 Å². The first-order valence-electron chi connectivity index (χ1n) is 8.58. The van der Waals surface area contributed by atoms with Crippen LogP contribution in [0.3, 0.4) is 0 Å². The molecule has 0 bridgehead atoms. The van der Waals surface area contributed by atoms with Crippen molar-refractivity contribution in [2.75, 3.05) is 13.6 Å². The lowest BCUT2D eigenvalue weighted by molar-refractivity contribution is -0.138. The molecule has 3 nitrogen and oxygen atoms in total. The van der Waals surface area contributed by atoms with Gasteiger partial charge in [0, 0.05) is 19.0 Å². The van der Waals surface area contributed by atoms with E-state index in [4.69, 9.17) is 5.73 Å². The van der Waals surface area contributed by atoms with Crippen molar-refractivity contribution in [1.29, 1.82) is 0 Å². The average molecular weight is 280 g/mol. The maximum absolute atomic E-state index is 12.7. The smallest absolute Gasteiger partial charge is 0.225 e. The topological polar surface area (TPSA) is 46.3 Å². The van der Waals surface area contributed by atoms with Gasteiger partial charge in [0.2, 0.25) is 5.91 Å². The molecule has 4 unspecified atom stereocenters. The lowest BCUT2D eigenvalue weighted by Gasteiger charge is -2.38. The molecule has 4 atom stereocenters. The van der Waals surface area contributed by atoms with Gasteiger partial charge >= 0.3 is 0 Å². The van der Waals surface area contributed by atoms with Gasteiger partial charge in [0.25, 0.3) is 0 Å². The fourth-order valence-electron chi connectivity index (χ4n) is 4.23. The Balaban J connectivity index is 1.88. The van der Waals surface area contributed by atoms with Crippen molar-refractivity contribution in [3.05, 3.63) is 0 Å². The molecule has 2 saturated carbocycles. The lowest BCUT2D eigenvalue weighted by Crippen LogP contribution is -2.44. The van der Waals surface area contributed by atoms with Crippen LogP contribution in [0.4, 0.5) is 0 Å². The fraction of sp³-hybridized carbons (Fsp3) is 0.941. The summed E-state index contributed by atoms with van der Waals surface area (Å²) >= 11 is 0. The zero-order valence-electron chi connectivity index (χ0n) is 13.3. The largest absolute Gasteiger partial charge is 0.343 e. The zero-order valence-corrected chi connectivity index (χ0v) is 13.3. The molecule has 20 heavy (non-hydrogen) atoms. The second-order valence-electron chi connectivity index (χ2n) is 7.18. The summed E-state index contributed by atoms with van der Waals surface area (Å²) in [5, 5.41) is 0. The van der Waals surface area contributed by atoms with E-state index in [1.807, 2.05) is 7.05 Å². The van der Waals surface area contributed by atoms with Crippen LogP contribution in [0.2, 0.25) is 0 Å². The Bertz CT molecular complexity index is 316. The number of rotatable bonds is 4. The summed E-state index contributed by atoms with van der Waals surface area (Å²) in [6.45, 7) is 3.09. The molecule has 116 valence electrons. The van der Waals surface area contributed by atoms with Gasteiger partial charge in [-0.05, 0) is 50.5 Å². The Kier molecular flexibility index (Phi) is 5.88. The van der Waals surface area contributed by atoms with Crippen LogP contribution in [0.25, 0.3) is 0 Å². The third-order valence-electron chi connectivity index (χ3n) is 5.51. The van der Waals surface area contributed by atoms with Gasteiger partial charge in [0.05, 0.1) is 0 Å². The number of carbonyl (C=O) groups is 1. The highest BCUT2D eigenvalue weighted by Gasteiger charge is 2.32. The monoisotopic (exact) mass is 280 g/mol. The summed E-state index contributed by atoms with van der Waals surface area (Å²) in [6.07, 6.45) is 10.7. The van der Waals surface area contributed by atoms with E-state index in [0.29, 0.717) is 17.9 Å². The zero-order chi connectivity index (χ0) is 14.5. The van der Waals surface area contributed by atoms with Gasteiger partial charge in [-0.2, -0.15) is 0 Å². The minimum Gasteiger partial charge on any atom is -0.343 e. The maximum Gasteiger partial charge on any atom is 0.225 e. The molecule has 0 aromatic carbocycles. The molecule has 2 fully saturated rings. The normalized spacial score (nSPS) is 34.8. The number of nitrogens with zero attached hydrogens (tertiary/aromatic N) is 1. The van der Waals surface area contributed by atoms with Gasteiger partial charge < -0.3 is 10.6 Å². The Morgan fingerprint density at radius 1 is 1.15 bits per heavy atom. The highest BCUT2D eigenvalue weighted by molar-refractivity contribution is 5.79. The Morgan fingerprint density at radius 3 is 2.60 bits per heavy atom. The van der Waals surface area contributed by atoms with Crippen LogP contribution in [-0.2, 0) is 4.79 Å². The molecule has 2 rings (SSSR count). The first-order chi connectivity index (χ1) is 9.61. The van der Waals surface area contributed by atoms with Crippen LogP contribution in [0.5, 0.6) is 0 Å². The van der Waals surface area contributed by atoms with Crippen LogP contribution in [0, 0.1) is 17.8 Å². The van der Waals surface area contributed by atoms with Crippen LogP contribution in [0.1, 0.15) is 64.7 Å². The second kappa shape index (κ2) is 7.44. The van der Waals surface area contributed by atoms with Gasteiger partial charge in [0.1, 0.15) is 0 Å². The predicted octanol–water partition coefficient (Wildman–Crippen LogP) is 3.18. The molecular weight excluding hydrogens is 248 g/mol. The van der Waals surface area contributed by atoms with E-state index >= 15 is 0 Å². The first kappa shape index (κ1) is 15.8. The maximum atomic E-state index is 12.7. The predicted molar refractivity (Wildman–Crippen MR) is 83.3 cm³/mol. The van der Waals surface area contributed by atoms with Crippen molar-refractivity contribution in [1.82, 2.24) is 4.90 Å². The Hall–Kier alpha value is -0.570. The van der Waals surface area contributed by atoms with Crippen LogP contribution in [0.15, 0.2) is 0 Å². The van der Waals surface area contributed by atoms with Crippen molar-refractivity contribution in [3.63, 3.8) is 0 Å². The molecule has 3 heteroatoms. The third-order valence-corrected chi connectivity index (χ3v) is 5.51. The number of amides is 1. The van der Waals surface area contributed by atoms with Crippen molar-refractivity contribution in [2.45, 2.75) is 70.8 Å². The first-order valence-corrected chi connectivity index (χ1v) is 8.58. The van der Waals surface area contributed by atoms with Gasteiger partial charge in [-0.25, -0.2) is 0 Å². The van der Waals surface area contributed by atoms with Gasteiger partial charge in [-0.15, -0.1) is 0 Å². The fourth-order valence-corrected chi connectivity index (χ4v) is 4.23. The third kappa shape index (κ3) is 3.97. The molecule has 0 heterocycles. The highest BCUT2D eigenvalue weighted by Crippen LogP contribution is 2.34. The Labute approximate surface area is 124 Å². The SMILES string of the molecule is CC1CCCC(N(C)C(=O)C2CCCC(CCN)C2)C1. The van der Waals surface area contributed by atoms with E-state index in [1.54, 1.807) is 0 Å². The quantitative estimate of drug-likeness (QED) is 0.859. The van der Waals surface area contributed by atoms with Crippen LogP contribution >= 0.6 is 0 Å². The summed E-state index contributed by atoms with van der Waals surface area (Å²) in [5.41, 5.74) is 5.68. The molecule has 0 aromatic heterocycles. The van der Waals surface area contributed by atoms with E-state index in [-0.39, 0.29) is 5.92 Å². The van der Waals surface area contributed by atoms with Crippen molar-refractivity contribution in [3.8, 4) is 0 Å². The average Bonchev–Trinajstić information content (AvgIpc) is 2.46. The molecule has 2 aliphatic carbocycles. The minimum absolute atomic E-state index is 0.266. The number of nitrogens with two attached hydrogens (primary N) is 1. The molecule has 0 aromatic rings. The van der Waals surface area contributed by atoms with E-state index in [2.05, 4.69) is 11.8 Å². The van der Waals surface area contributed by atoms with E-state index in [9.17, 15) is 4.79 Å². The molecule has 0 saturated heterocycles. The lowest BCUT2D eigenvalue weighted by atomic mass is 9.78. The minimum atomic E-state index is 0.266. The number of carbonyl (C=O) groups excluding carboxylic acids is 1. The van der Waals surface area contributed by atoms with E-state index in [0.717, 1.165) is 31.7 Å². The number of hydrogen-bond donors (Lipinski definition) is 1. The summed E-state index contributed by atoms with van der Waals surface area (Å²) in [7, 11) is 2.04. The molecule has 0 aliphatic heterocycles. The molecule has 2 aliphatic rings. The molecule has 0 radical (unpaired) electrons. The molecular formula is C17H32N2O. The van der Waals surface area contributed by atoms with Gasteiger partial charge in [-0.3, -0.25) is 4.79 Å². The van der Waals surface area contributed by atoms with Crippen molar-refractivity contribution < 1.29 is 4.79 Å². The van der Waals surface area contributed by atoms with Crippen molar-refractivity contribution >= 4 is 5.91 Å². The number of hydrogen-bond acceptors (Lipinski definition) is 2. The summed E-state index contributed by atoms with van der Waals surface area (Å²) < 4.78 is 0. The van der Waals surface area contributed by atoms with Crippen LogP contribution in [-0.4, -0.2) is 30.4 Å². The van der Waals surface area contributed by atoms with Crippen LogP contribution < -0.4 is 5.73 Å². The molecule has 2 N–H and O–H groups in total. The van der Waals surface area contributed by atoms with Gasteiger partial charge in [0.15, 0.2) is 0 Å². The summed E-state index contributed by atoms with van der Waals surface area (Å²) in [6, 6.07) is 0.487. The van der Waals surface area contributed by atoms with E-state index in [1.165, 1.54) is 38.5 Å². The second-order valence-corrected chi connectivity index (χ2v) is 7.18. The highest BCUT2D eigenvalue weighted by atomic mass is 16.2. The molecule has 1 amide bonds. The summed E-state index contributed by atoms with van der Waals surface area (Å²) in [5.74, 6) is 2.13. The Morgan fingerprint density at radius 2 is 1.90 bits per heavy atom.